The topological polar surface area (TPSA) is 78.9 Å². The van der Waals surface area contributed by atoms with E-state index in [-0.39, 0.29) is 6.03 Å². The highest BCUT2D eigenvalue weighted by molar-refractivity contribution is 8.00. The Hall–Kier alpha value is -1.73. The molecule has 1 saturated heterocycles. The standard InChI is InChI=1S/C15H20N2O4S/c1-15(13(18)19,22-11-12-5-3-2-4-6-12)16-14(20)17-7-9-21-10-8-17/h2-6H,7-11H2,1H3,(H,16,20)(H,18,19). The van der Waals surface area contributed by atoms with E-state index in [1.807, 2.05) is 30.3 Å². The number of carbonyl (C=O) groups is 2. The smallest absolute Gasteiger partial charge is 0.339 e. The van der Waals surface area contributed by atoms with Gasteiger partial charge in [-0.2, -0.15) is 0 Å². The van der Waals surface area contributed by atoms with Crippen molar-refractivity contribution in [1.82, 2.24) is 10.2 Å². The van der Waals surface area contributed by atoms with Gasteiger partial charge in [-0.15, -0.1) is 11.8 Å². The molecule has 1 aliphatic heterocycles. The molecule has 0 saturated carbocycles. The lowest BCUT2D eigenvalue weighted by molar-refractivity contribution is -0.140. The summed E-state index contributed by atoms with van der Waals surface area (Å²) in [5.74, 6) is -0.553. The van der Waals surface area contributed by atoms with E-state index in [0.717, 1.165) is 5.56 Å². The number of carbonyl (C=O) groups excluding carboxylic acids is 1. The van der Waals surface area contributed by atoms with E-state index in [1.165, 1.54) is 18.7 Å². The number of morpholine rings is 1. The minimum absolute atomic E-state index is 0.367. The molecule has 6 nitrogen and oxygen atoms in total. The van der Waals surface area contributed by atoms with Crippen LogP contribution < -0.4 is 5.32 Å². The first kappa shape index (κ1) is 16.6. The number of hydrogen-bond donors (Lipinski definition) is 2. The third-order valence-corrected chi connectivity index (χ3v) is 4.75. The van der Waals surface area contributed by atoms with Gasteiger partial charge in [-0.1, -0.05) is 30.3 Å². The first-order valence-electron chi connectivity index (χ1n) is 7.07. The fourth-order valence-corrected chi connectivity index (χ4v) is 2.93. The predicted molar refractivity (Wildman–Crippen MR) is 84.7 cm³/mol. The van der Waals surface area contributed by atoms with Gasteiger partial charge in [-0.3, -0.25) is 0 Å². The Morgan fingerprint density at radius 3 is 2.55 bits per heavy atom. The molecule has 0 aliphatic carbocycles. The number of aliphatic carboxylic acids is 1. The van der Waals surface area contributed by atoms with E-state index in [0.29, 0.717) is 32.1 Å². The van der Waals surface area contributed by atoms with Crippen molar-refractivity contribution in [1.29, 1.82) is 0 Å². The van der Waals surface area contributed by atoms with Crippen molar-refractivity contribution in [2.75, 3.05) is 26.3 Å². The number of carboxylic acids is 1. The molecule has 2 amide bonds. The van der Waals surface area contributed by atoms with Crippen LogP contribution in [0, 0.1) is 0 Å². The normalized spacial score (nSPS) is 17.6. The first-order valence-corrected chi connectivity index (χ1v) is 8.06. The Morgan fingerprint density at radius 2 is 1.95 bits per heavy atom. The lowest BCUT2D eigenvalue weighted by atomic mass is 10.2. The molecular weight excluding hydrogens is 304 g/mol. The van der Waals surface area contributed by atoms with E-state index < -0.39 is 10.8 Å². The van der Waals surface area contributed by atoms with E-state index in [4.69, 9.17) is 4.74 Å². The van der Waals surface area contributed by atoms with Crippen LogP contribution in [0.3, 0.4) is 0 Å². The fraction of sp³-hybridized carbons (Fsp3) is 0.467. The summed E-state index contributed by atoms with van der Waals surface area (Å²) in [4.78, 5) is 24.0. The van der Waals surface area contributed by atoms with Crippen molar-refractivity contribution in [3.05, 3.63) is 35.9 Å². The van der Waals surface area contributed by atoms with Gasteiger partial charge in [0.2, 0.25) is 0 Å². The number of amides is 2. The minimum atomic E-state index is -1.37. The molecule has 1 aromatic carbocycles. The molecule has 1 atom stereocenters. The van der Waals surface area contributed by atoms with Gasteiger partial charge in [-0.25, -0.2) is 9.59 Å². The van der Waals surface area contributed by atoms with Crippen LogP contribution in [0.5, 0.6) is 0 Å². The van der Waals surface area contributed by atoms with Gasteiger partial charge in [0.25, 0.3) is 0 Å². The molecule has 7 heteroatoms. The molecule has 0 bridgehead atoms. The van der Waals surface area contributed by atoms with E-state index in [9.17, 15) is 14.7 Å². The third kappa shape index (κ3) is 4.38. The monoisotopic (exact) mass is 324 g/mol. The summed E-state index contributed by atoms with van der Waals surface area (Å²) in [5, 5.41) is 12.1. The van der Waals surface area contributed by atoms with Gasteiger partial charge in [-0.05, 0) is 12.5 Å². The molecule has 2 rings (SSSR count). The summed E-state index contributed by atoms with van der Waals surface area (Å²) in [6, 6.07) is 9.21. The van der Waals surface area contributed by atoms with Crippen LogP contribution in [-0.2, 0) is 15.3 Å². The Kier molecular flexibility index (Phi) is 5.68. The number of nitrogens with zero attached hydrogens (tertiary/aromatic N) is 1. The van der Waals surface area contributed by atoms with Gasteiger partial charge in [0.05, 0.1) is 13.2 Å². The van der Waals surface area contributed by atoms with Crippen molar-refractivity contribution in [3.8, 4) is 0 Å². The second-order valence-corrected chi connectivity index (χ2v) is 6.54. The average molecular weight is 324 g/mol. The molecule has 1 aliphatic rings. The molecule has 120 valence electrons. The molecule has 1 fully saturated rings. The van der Waals surface area contributed by atoms with E-state index >= 15 is 0 Å². The van der Waals surface area contributed by atoms with Gasteiger partial charge >= 0.3 is 12.0 Å². The van der Waals surface area contributed by atoms with Gasteiger partial charge < -0.3 is 20.1 Å². The highest BCUT2D eigenvalue weighted by Gasteiger charge is 2.37. The van der Waals surface area contributed by atoms with Crippen molar-refractivity contribution < 1.29 is 19.4 Å². The molecule has 22 heavy (non-hydrogen) atoms. The molecule has 2 N–H and O–H groups in total. The maximum absolute atomic E-state index is 12.2. The number of thioether (sulfide) groups is 1. The number of carboxylic acid groups (broad SMARTS) is 1. The molecular formula is C15H20N2O4S. The lowest BCUT2D eigenvalue weighted by Crippen LogP contribution is -2.56. The van der Waals surface area contributed by atoms with Crippen LogP contribution in [0.4, 0.5) is 4.79 Å². The van der Waals surface area contributed by atoms with Crippen LogP contribution in [-0.4, -0.2) is 53.2 Å². The zero-order valence-corrected chi connectivity index (χ0v) is 13.3. The summed E-state index contributed by atoms with van der Waals surface area (Å²) in [6.45, 7) is 3.43. The Morgan fingerprint density at radius 1 is 1.32 bits per heavy atom. The number of urea groups is 1. The largest absolute Gasteiger partial charge is 0.479 e. The van der Waals surface area contributed by atoms with E-state index in [1.54, 1.807) is 4.90 Å². The third-order valence-electron chi connectivity index (χ3n) is 3.42. The zero-order chi connectivity index (χ0) is 16.0. The van der Waals surface area contributed by atoms with Crippen LogP contribution in [0.25, 0.3) is 0 Å². The molecule has 1 unspecified atom stereocenters. The SMILES string of the molecule is CC(NC(=O)N1CCOCC1)(SCc1ccccc1)C(=O)O. The van der Waals surface area contributed by atoms with Gasteiger partial charge in [0, 0.05) is 18.8 Å². The van der Waals surface area contributed by atoms with Crippen molar-refractivity contribution >= 4 is 23.8 Å². The van der Waals surface area contributed by atoms with Crippen molar-refractivity contribution in [3.63, 3.8) is 0 Å². The van der Waals surface area contributed by atoms with Crippen LogP contribution >= 0.6 is 11.8 Å². The molecule has 0 spiro atoms. The second-order valence-electron chi connectivity index (χ2n) is 5.14. The number of hydrogen-bond acceptors (Lipinski definition) is 4. The highest BCUT2D eigenvalue weighted by atomic mass is 32.2. The number of ether oxygens (including phenoxy) is 1. The summed E-state index contributed by atoms with van der Waals surface area (Å²) in [5.41, 5.74) is 1.01. The molecule has 0 aromatic heterocycles. The highest BCUT2D eigenvalue weighted by Crippen LogP contribution is 2.27. The Labute approximate surface area is 133 Å². The maximum atomic E-state index is 12.2. The van der Waals surface area contributed by atoms with Crippen LogP contribution in [0.1, 0.15) is 12.5 Å². The minimum Gasteiger partial charge on any atom is -0.479 e. The summed E-state index contributed by atoms with van der Waals surface area (Å²) in [7, 11) is 0. The number of nitrogens with one attached hydrogen (secondary N) is 1. The summed E-state index contributed by atoms with van der Waals surface area (Å²) >= 11 is 1.19. The Bertz CT molecular complexity index is 520. The molecule has 1 heterocycles. The fourth-order valence-electron chi connectivity index (χ4n) is 2.00. The molecule has 0 radical (unpaired) electrons. The maximum Gasteiger partial charge on any atom is 0.339 e. The number of rotatable bonds is 5. The average Bonchev–Trinajstić information content (AvgIpc) is 2.54. The zero-order valence-electron chi connectivity index (χ0n) is 12.4. The van der Waals surface area contributed by atoms with Crippen molar-refractivity contribution in [2.45, 2.75) is 17.5 Å². The van der Waals surface area contributed by atoms with Gasteiger partial charge in [0.1, 0.15) is 0 Å². The van der Waals surface area contributed by atoms with E-state index in [2.05, 4.69) is 5.32 Å². The van der Waals surface area contributed by atoms with Crippen LogP contribution in [0.15, 0.2) is 30.3 Å². The van der Waals surface area contributed by atoms with Gasteiger partial charge in [0.15, 0.2) is 4.87 Å². The van der Waals surface area contributed by atoms with Crippen molar-refractivity contribution in [2.24, 2.45) is 0 Å². The summed E-state index contributed by atoms with van der Waals surface area (Å²) < 4.78 is 5.19. The first-order chi connectivity index (χ1) is 10.5. The molecule has 1 aromatic rings. The second kappa shape index (κ2) is 7.51. The lowest BCUT2D eigenvalue weighted by Gasteiger charge is -2.32. The summed E-state index contributed by atoms with van der Waals surface area (Å²) in [6.07, 6.45) is 0. The quantitative estimate of drug-likeness (QED) is 0.807. The number of benzene rings is 1. The predicted octanol–water partition coefficient (Wildman–Crippen LogP) is 1.76. The Balaban J connectivity index is 1.97. The van der Waals surface area contributed by atoms with Crippen LogP contribution in [0.2, 0.25) is 0 Å².